The smallest absolute Gasteiger partial charge is 0.399 e. The highest BCUT2D eigenvalue weighted by Crippen LogP contribution is 2.15. The number of nitro groups is 1. The van der Waals surface area contributed by atoms with Crippen LogP contribution in [0.2, 0.25) is 0 Å². The first-order valence-electron chi connectivity index (χ1n) is 3.33. The van der Waals surface area contributed by atoms with Crippen molar-refractivity contribution in [2.75, 3.05) is 5.73 Å². The molecule has 0 saturated heterocycles. The number of nitrogen functional groups attached to an aromatic ring is 1. The number of nitrogens with one attached hydrogen (secondary N) is 1. The molecule has 0 saturated carbocycles. The van der Waals surface area contributed by atoms with Gasteiger partial charge in [-0.1, -0.05) is 10.2 Å². The van der Waals surface area contributed by atoms with E-state index in [1.165, 1.54) is 0 Å². The molecule has 3 N–H and O–H groups in total. The molecule has 0 fully saturated rings. The van der Waals surface area contributed by atoms with Gasteiger partial charge in [0.1, 0.15) is 0 Å². The molecule has 2 aromatic heterocycles. The van der Waals surface area contributed by atoms with E-state index in [9.17, 15) is 10.1 Å². The summed E-state index contributed by atoms with van der Waals surface area (Å²) in [5.74, 6) is -0.649. The van der Waals surface area contributed by atoms with E-state index in [0.29, 0.717) is 0 Å². The Labute approximate surface area is 75.3 Å². The molecule has 2 heterocycles. The summed E-state index contributed by atoms with van der Waals surface area (Å²) in [4.78, 5) is 13.0. The fourth-order valence-corrected chi connectivity index (χ4v) is 0.755. The van der Waals surface area contributed by atoms with Crippen LogP contribution < -0.4 is 5.73 Å². The van der Waals surface area contributed by atoms with E-state index in [1.807, 2.05) is 0 Å². The van der Waals surface area contributed by atoms with Crippen molar-refractivity contribution in [1.29, 1.82) is 0 Å². The molecule has 0 amide bonds. The lowest BCUT2D eigenvalue weighted by atomic mass is 10.6. The van der Waals surface area contributed by atoms with Gasteiger partial charge in [0.15, 0.2) is 0 Å². The van der Waals surface area contributed by atoms with Gasteiger partial charge in [-0.25, -0.2) is 0 Å². The van der Waals surface area contributed by atoms with Crippen LogP contribution in [-0.4, -0.2) is 30.3 Å². The fraction of sp³-hybridized carbons (Fsp3) is 0. The molecule has 10 nitrogen and oxygen atoms in total. The summed E-state index contributed by atoms with van der Waals surface area (Å²) in [6.07, 6.45) is 0. The van der Waals surface area contributed by atoms with Crippen molar-refractivity contribution >= 4 is 12.0 Å². The molecule has 0 radical (unpaired) electrons. The molecular weight excluding hydrogens is 194 g/mol. The first-order chi connectivity index (χ1) is 6.66. The Morgan fingerprint density at radius 3 is 2.79 bits per heavy atom. The van der Waals surface area contributed by atoms with Gasteiger partial charge in [-0.3, -0.25) is 0 Å². The standard InChI is InChI=1S/C4H3N7O3/c5-3-9-8-2(14-3)1-6-4(10-7-1)11(12)13/h(H2,5,9)(H,6,7,10). The topological polar surface area (TPSA) is 150 Å². The number of nitrogens with two attached hydrogens (primary N) is 1. The number of rotatable bonds is 2. The summed E-state index contributed by atoms with van der Waals surface area (Å²) in [6.45, 7) is 0. The quantitative estimate of drug-likeness (QED) is 0.475. The van der Waals surface area contributed by atoms with Gasteiger partial charge >= 0.3 is 23.7 Å². The van der Waals surface area contributed by atoms with Gasteiger partial charge in [-0.05, 0) is 9.91 Å². The molecule has 0 aliphatic rings. The molecule has 72 valence electrons. The molecule has 0 atom stereocenters. The number of hydrogen-bond donors (Lipinski definition) is 2. The van der Waals surface area contributed by atoms with Crippen molar-refractivity contribution in [3.63, 3.8) is 0 Å². The summed E-state index contributed by atoms with van der Waals surface area (Å²) in [6, 6.07) is -0.160. The van der Waals surface area contributed by atoms with Gasteiger partial charge < -0.3 is 20.3 Å². The van der Waals surface area contributed by atoms with Gasteiger partial charge in [-0.2, -0.15) is 0 Å². The number of aromatic nitrogens is 5. The summed E-state index contributed by atoms with van der Waals surface area (Å²) < 4.78 is 4.75. The zero-order valence-electron chi connectivity index (χ0n) is 6.54. The SMILES string of the molecule is Nc1nnc(-c2n[nH]c([N+](=O)[O-])n2)o1. The highest BCUT2D eigenvalue weighted by molar-refractivity contribution is 5.41. The van der Waals surface area contributed by atoms with Crippen LogP contribution >= 0.6 is 0 Å². The monoisotopic (exact) mass is 197 g/mol. The van der Waals surface area contributed by atoms with Gasteiger partial charge in [0.2, 0.25) is 0 Å². The number of anilines is 1. The Kier molecular flexibility index (Phi) is 1.59. The Balaban J connectivity index is 2.38. The number of nitrogens with zero attached hydrogens (tertiary/aromatic N) is 5. The van der Waals surface area contributed by atoms with E-state index in [0.717, 1.165) is 0 Å². The predicted octanol–water partition coefficient (Wildman–Crippen LogP) is -0.655. The van der Waals surface area contributed by atoms with Gasteiger partial charge in [0.05, 0.1) is 0 Å². The minimum Gasteiger partial charge on any atom is -0.399 e. The third-order valence-electron chi connectivity index (χ3n) is 1.28. The van der Waals surface area contributed by atoms with Crippen LogP contribution in [0, 0.1) is 10.1 Å². The lowest BCUT2D eigenvalue weighted by molar-refractivity contribution is -0.394. The summed E-state index contributed by atoms with van der Waals surface area (Å²) >= 11 is 0. The van der Waals surface area contributed by atoms with Gasteiger partial charge in [-0.15, -0.1) is 10.2 Å². The molecule has 0 aliphatic heterocycles. The second kappa shape index (κ2) is 2.76. The van der Waals surface area contributed by atoms with Crippen molar-refractivity contribution in [2.24, 2.45) is 0 Å². The predicted molar refractivity (Wildman–Crippen MR) is 40.7 cm³/mol. The second-order valence-corrected chi connectivity index (χ2v) is 2.19. The summed E-state index contributed by atoms with van der Waals surface area (Å²) in [5.41, 5.74) is 5.14. The van der Waals surface area contributed by atoms with Crippen molar-refractivity contribution in [1.82, 2.24) is 25.4 Å². The maximum Gasteiger partial charge on any atom is 0.454 e. The van der Waals surface area contributed by atoms with Crippen LogP contribution in [0.3, 0.4) is 0 Å². The van der Waals surface area contributed by atoms with Crippen LogP contribution in [0.15, 0.2) is 4.42 Å². The maximum atomic E-state index is 10.2. The third-order valence-corrected chi connectivity index (χ3v) is 1.28. The van der Waals surface area contributed by atoms with E-state index < -0.39 is 10.9 Å². The van der Waals surface area contributed by atoms with Crippen LogP contribution in [0.5, 0.6) is 0 Å². The third kappa shape index (κ3) is 1.24. The minimum absolute atomic E-state index is 0.0686. The van der Waals surface area contributed by atoms with Crippen molar-refractivity contribution in [3.8, 4) is 11.7 Å². The molecule has 0 aromatic carbocycles. The van der Waals surface area contributed by atoms with Gasteiger partial charge in [0.25, 0.3) is 0 Å². The molecule has 2 aromatic rings. The summed E-state index contributed by atoms with van der Waals surface area (Å²) in [7, 11) is 0. The highest BCUT2D eigenvalue weighted by atomic mass is 16.6. The maximum absolute atomic E-state index is 10.2. The Morgan fingerprint density at radius 2 is 2.29 bits per heavy atom. The largest absolute Gasteiger partial charge is 0.454 e. The number of hydrogen-bond acceptors (Lipinski definition) is 8. The zero-order chi connectivity index (χ0) is 10.1. The molecule has 2 rings (SSSR count). The van der Waals surface area contributed by atoms with E-state index >= 15 is 0 Å². The Hall–Kier alpha value is -2.52. The Morgan fingerprint density at radius 1 is 1.50 bits per heavy atom. The highest BCUT2D eigenvalue weighted by Gasteiger charge is 2.20. The van der Waals surface area contributed by atoms with E-state index in [-0.39, 0.29) is 17.7 Å². The van der Waals surface area contributed by atoms with Crippen LogP contribution in [-0.2, 0) is 0 Å². The van der Waals surface area contributed by atoms with Crippen molar-refractivity contribution in [2.45, 2.75) is 0 Å². The van der Waals surface area contributed by atoms with Crippen molar-refractivity contribution in [3.05, 3.63) is 10.1 Å². The lowest BCUT2D eigenvalue weighted by Gasteiger charge is -1.83. The zero-order valence-corrected chi connectivity index (χ0v) is 6.54. The minimum atomic E-state index is -0.726. The lowest BCUT2D eigenvalue weighted by Crippen LogP contribution is -1.89. The molecular formula is C4H3N7O3. The molecule has 0 unspecified atom stereocenters. The first-order valence-corrected chi connectivity index (χ1v) is 3.33. The number of H-pyrrole nitrogens is 1. The molecule has 0 bridgehead atoms. The van der Waals surface area contributed by atoms with Crippen LogP contribution in [0.25, 0.3) is 11.7 Å². The molecule has 10 heteroatoms. The molecule has 14 heavy (non-hydrogen) atoms. The van der Waals surface area contributed by atoms with Gasteiger partial charge in [0, 0.05) is 0 Å². The average molecular weight is 197 g/mol. The second-order valence-electron chi connectivity index (χ2n) is 2.19. The Bertz CT molecular complexity index is 473. The average Bonchev–Trinajstić information content (AvgIpc) is 2.70. The summed E-state index contributed by atoms with van der Waals surface area (Å²) in [5, 5.41) is 22.6. The van der Waals surface area contributed by atoms with Crippen LogP contribution in [0.1, 0.15) is 0 Å². The van der Waals surface area contributed by atoms with E-state index in [2.05, 4.69) is 25.4 Å². The van der Waals surface area contributed by atoms with Crippen molar-refractivity contribution < 1.29 is 9.34 Å². The number of aromatic amines is 1. The normalized spacial score (nSPS) is 10.3. The molecule has 0 spiro atoms. The fourth-order valence-electron chi connectivity index (χ4n) is 0.755. The molecule has 0 aliphatic carbocycles. The van der Waals surface area contributed by atoms with Crippen LogP contribution in [0.4, 0.5) is 12.0 Å². The van der Waals surface area contributed by atoms with E-state index in [1.54, 1.807) is 0 Å². The first kappa shape index (κ1) is 8.10. The van der Waals surface area contributed by atoms with E-state index in [4.69, 9.17) is 10.2 Å².